The van der Waals surface area contributed by atoms with Crippen molar-refractivity contribution in [2.45, 2.75) is 0 Å². The lowest BCUT2D eigenvalue weighted by Gasteiger charge is -2.08. The molecule has 0 spiro atoms. The van der Waals surface area contributed by atoms with E-state index in [0.29, 0.717) is 5.02 Å². The van der Waals surface area contributed by atoms with Crippen molar-refractivity contribution < 1.29 is 0 Å². The van der Waals surface area contributed by atoms with Crippen molar-refractivity contribution in [2.24, 2.45) is 5.10 Å². The van der Waals surface area contributed by atoms with Crippen molar-refractivity contribution in [3.05, 3.63) is 68.1 Å². The van der Waals surface area contributed by atoms with Gasteiger partial charge < -0.3 is 0 Å². The molecule has 6 heteroatoms. The summed E-state index contributed by atoms with van der Waals surface area (Å²) in [5.41, 5.74) is 2.89. The number of thiazole rings is 1. The number of hydrazone groups is 1. The molecule has 3 rings (SSSR count). The zero-order chi connectivity index (χ0) is 16.2. The van der Waals surface area contributed by atoms with Crippen molar-refractivity contribution in [2.75, 3.05) is 12.1 Å². The molecule has 0 radical (unpaired) electrons. The Labute approximate surface area is 157 Å². The predicted octanol–water partition coefficient (Wildman–Crippen LogP) is 5.54. The Balaban J connectivity index is 1.80. The molecule has 3 aromatic rings. The maximum absolute atomic E-state index is 6.23. The molecule has 1 heterocycles. The van der Waals surface area contributed by atoms with Gasteiger partial charge in [0.05, 0.1) is 11.9 Å². The summed E-state index contributed by atoms with van der Waals surface area (Å²) in [4.78, 5) is 4.62. The second-order valence-electron chi connectivity index (χ2n) is 4.78. The van der Waals surface area contributed by atoms with E-state index in [0.717, 1.165) is 25.5 Å². The van der Waals surface area contributed by atoms with Gasteiger partial charge in [0.1, 0.15) is 0 Å². The molecule has 0 unspecified atom stereocenters. The molecule has 0 bridgehead atoms. The molecule has 0 saturated heterocycles. The normalized spacial score (nSPS) is 11.1. The first kappa shape index (κ1) is 16.4. The van der Waals surface area contributed by atoms with Crippen LogP contribution in [0.3, 0.4) is 0 Å². The van der Waals surface area contributed by atoms with Crippen molar-refractivity contribution in [3.63, 3.8) is 0 Å². The largest absolute Gasteiger partial charge is 0.242 e. The highest BCUT2D eigenvalue weighted by Gasteiger charge is 2.10. The van der Waals surface area contributed by atoms with E-state index in [1.165, 1.54) is 0 Å². The molecule has 2 aromatic carbocycles. The molecule has 3 nitrogen and oxygen atoms in total. The van der Waals surface area contributed by atoms with Crippen LogP contribution in [0.4, 0.5) is 5.13 Å². The van der Waals surface area contributed by atoms with Gasteiger partial charge in [-0.2, -0.15) is 5.10 Å². The van der Waals surface area contributed by atoms with E-state index < -0.39 is 0 Å². The first-order valence-corrected chi connectivity index (χ1v) is 9.21. The fourth-order valence-electron chi connectivity index (χ4n) is 1.98. The number of aromatic nitrogens is 1. The molecule has 0 amide bonds. The number of nitrogens with zero attached hydrogens (tertiary/aromatic N) is 3. The van der Waals surface area contributed by atoms with Gasteiger partial charge in [-0.1, -0.05) is 48.0 Å². The van der Waals surface area contributed by atoms with Crippen LogP contribution in [0.1, 0.15) is 5.56 Å². The van der Waals surface area contributed by atoms with E-state index in [9.17, 15) is 0 Å². The minimum atomic E-state index is 0.703. The van der Waals surface area contributed by atoms with Gasteiger partial charge in [0.25, 0.3) is 0 Å². The van der Waals surface area contributed by atoms with Crippen LogP contribution in [0, 0.1) is 3.57 Å². The third-order valence-corrected chi connectivity index (χ3v) is 5.41. The molecular weight excluding hydrogens is 441 g/mol. The van der Waals surface area contributed by atoms with Crippen molar-refractivity contribution >= 4 is 56.9 Å². The highest BCUT2D eigenvalue weighted by molar-refractivity contribution is 14.1. The van der Waals surface area contributed by atoms with Gasteiger partial charge in [-0.25, -0.2) is 9.99 Å². The van der Waals surface area contributed by atoms with Gasteiger partial charge in [-0.05, 0) is 34.7 Å². The van der Waals surface area contributed by atoms with E-state index >= 15 is 0 Å². The Morgan fingerprint density at radius 1 is 1.17 bits per heavy atom. The number of halogens is 2. The zero-order valence-corrected chi connectivity index (χ0v) is 16.0. The second kappa shape index (κ2) is 7.42. The van der Waals surface area contributed by atoms with Gasteiger partial charge >= 0.3 is 0 Å². The van der Waals surface area contributed by atoms with Gasteiger partial charge in [0.15, 0.2) is 0 Å². The number of anilines is 1. The number of rotatable bonds is 4. The fourth-order valence-corrected chi connectivity index (χ4v) is 3.49. The molecule has 1 aromatic heterocycles. The van der Waals surface area contributed by atoms with Crippen LogP contribution in [0.15, 0.2) is 59.0 Å². The van der Waals surface area contributed by atoms with Crippen LogP contribution >= 0.6 is 45.5 Å². The lowest BCUT2D eigenvalue weighted by molar-refractivity contribution is 1.01. The summed E-state index contributed by atoms with van der Waals surface area (Å²) >= 11 is 10.1. The maximum Gasteiger partial charge on any atom is 0.206 e. The second-order valence-corrected chi connectivity index (χ2v) is 7.19. The Morgan fingerprint density at radius 2 is 1.91 bits per heavy atom. The molecule has 0 saturated carbocycles. The van der Waals surface area contributed by atoms with E-state index in [1.807, 2.05) is 61.1 Å². The average molecular weight is 454 g/mol. The summed E-state index contributed by atoms with van der Waals surface area (Å²) in [7, 11) is 1.89. The third-order valence-electron chi connectivity index (χ3n) is 3.19. The molecule has 23 heavy (non-hydrogen) atoms. The summed E-state index contributed by atoms with van der Waals surface area (Å²) in [6.45, 7) is 0. The van der Waals surface area contributed by atoms with Gasteiger partial charge in [-0.15, -0.1) is 11.3 Å². The summed E-state index contributed by atoms with van der Waals surface area (Å²) in [6, 6.07) is 15.8. The molecule has 0 fully saturated rings. The van der Waals surface area contributed by atoms with Crippen LogP contribution in [0.25, 0.3) is 11.3 Å². The Hall–Kier alpha value is -1.44. The van der Waals surface area contributed by atoms with Gasteiger partial charge in [-0.3, -0.25) is 0 Å². The Kier molecular flexibility index (Phi) is 5.30. The summed E-state index contributed by atoms with van der Waals surface area (Å²) in [5.74, 6) is 0. The van der Waals surface area contributed by atoms with Crippen LogP contribution in [-0.4, -0.2) is 18.2 Å². The van der Waals surface area contributed by atoms with Crippen molar-refractivity contribution in [3.8, 4) is 11.3 Å². The molecule has 0 aliphatic carbocycles. The number of hydrogen-bond donors (Lipinski definition) is 0. The topological polar surface area (TPSA) is 28.5 Å². The van der Waals surface area contributed by atoms with Gasteiger partial charge in [0.2, 0.25) is 5.13 Å². The third kappa shape index (κ3) is 3.91. The molecule has 0 N–H and O–H groups in total. The predicted molar refractivity (Wildman–Crippen MR) is 108 cm³/mol. The quantitative estimate of drug-likeness (QED) is 0.295. The Morgan fingerprint density at radius 3 is 2.70 bits per heavy atom. The highest BCUT2D eigenvalue weighted by Crippen LogP contribution is 2.31. The maximum atomic E-state index is 6.23. The minimum absolute atomic E-state index is 0.703. The molecular formula is C17H13ClIN3S. The summed E-state index contributed by atoms with van der Waals surface area (Å²) in [6.07, 6.45) is 1.85. The van der Waals surface area contributed by atoms with Crippen LogP contribution in [-0.2, 0) is 0 Å². The van der Waals surface area contributed by atoms with Crippen molar-refractivity contribution in [1.29, 1.82) is 0 Å². The smallest absolute Gasteiger partial charge is 0.206 e. The standard InChI is InChI=1S/C17H13ClIN3S/c1-22(20-10-12-6-2-5-9-15(12)19)17-21-16(11-23-17)13-7-3-4-8-14(13)18/h2-11H,1H3/b20-10+. The van der Waals surface area contributed by atoms with Crippen molar-refractivity contribution in [1.82, 2.24) is 4.98 Å². The van der Waals surface area contributed by atoms with E-state index in [1.54, 1.807) is 16.3 Å². The van der Waals surface area contributed by atoms with Crippen LogP contribution in [0.2, 0.25) is 5.02 Å². The highest BCUT2D eigenvalue weighted by atomic mass is 127. The molecule has 0 aliphatic heterocycles. The number of hydrogen-bond acceptors (Lipinski definition) is 4. The molecule has 116 valence electrons. The fraction of sp³-hybridized carbons (Fsp3) is 0.0588. The lowest BCUT2D eigenvalue weighted by Crippen LogP contribution is -2.08. The first-order valence-electron chi connectivity index (χ1n) is 6.88. The zero-order valence-electron chi connectivity index (χ0n) is 12.3. The number of benzene rings is 2. The van der Waals surface area contributed by atoms with E-state index in [2.05, 4.69) is 38.7 Å². The average Bonchev–Trinajstić information content (AvgIpc) is 3.04. The van der Waals surface area contributed by atoms with Gasteiger partial charge in [0, 0.05) is 32.1 Å². The summed E-state index contributed by atoms with van der Waals surface area (Å²) in [5, 5.41) is 9.76. The lowest BCUT2D eigenvalue weighted by atomic mass is 10.2. The summed E-state index contributed by atoms with van der Waals surface area (Å²) < 4.78 is 1.16. The van der Waals surface area contributed by atoms with E-state index in [-0.39, 0.29) is 0 Å². The minimum Gasteiger partial charge on any atom is -0.242 e. The molecule has 0 atom stereocenters. The Bertz CT molecular complexity index is 847. The molecule has 0 aliphatic rings. The SMILES string of the molecule is CN(/N=C/c1ccccc1I)c1nc(-c2ccccc2Cl)cs1. The van der Waals surface area contributed by atoms with Crippen LogP contribution in [0.5, 0.6) is 0 Å². The van der Waals surface area contributed by atoms with Crippen LogP contribution < -0.4 is 5.01 Å². The monoisotopic (exact) mass is 453 g/mol. The van der Waals surface area contributed by atoms with E-state index in [4.69, 9.17) is 11.6 Å². The first-order chi connectivity index (χ1) is 11.1.